The minimum absolute atomic E-state index is 0.306. The van der Waals surface area contributed by atoms with Gasteiger partial charge in [-0.2, -0.15) is 0 Å². The molecule has 0 bridgehead atoms. The number of nitrogens with one attached hydrogen (secondary N) is 2. The van der Waals surface area contributed by atoms with Crippen LogP contribution >= 0.6 is 0 Å². The lowest BCUT2D eigenvalue weighted by Crippen LogP contribution is -2.28. The van der Waals surface area contributed by atoms with E-state index in [9.17, 15) is 5.41 Å². The van der Waals surface area contributed by atoms with E-state index in [4.69, 9.17) is 4.99 Å². The molecule has 4 nitrogen and oxygen atoms in total. The fourth-order valence-electron chi connectivity index (χ4n) is 9.69. The third kappa shape index (κ3) is 5.53. The van der Waals surface area contributed by atoms with Gasteiger partial charge in [-0.3, -0.25) is 10.4 Å². The van der Waals surface area contributed by atoms with Crippen molar-refractivity contribution in [3.63, 3.8) is 0 Å². The summed E-state index contributed by atoms with van der Waals surface area (Å²) in [5.74, 6) is 0.306. The predicted octanol–water partition coefficient (Wildman–Crippen LogP) is 13.0. The summed E-state index contributed by atoms with van der Waals surface area (Å²) in [5.41, 5.74) is 13.3. The molecule has 1 aromatic heterocycles. The highest BCUT2D eigenvalue weighted by Crippen LogP contribution is 2.61. The molecule has 1 aliphatic carbocycles. The van der Waals surface area contributed by atoms with Crippen LogP contribution in [0.2, 0.25) is 0 Å². The molecule has 0 radical (unpaired) electrons. The van der Waals surface area contributed by atoms with Crippen molar-refractivity contribution in [3.05, 3.63) is 257 Å². The average molecular weight is 769 g/mol. The number of aliphatic imine (C=N–C) groups is 1. The number of amidine groups is 1. The van der Waals surface area contributed by atoms with E-state index in [0.29, 0.717) is 5.84 Å². The maximum Gasteiger partial charge on any atom is 0.145 e. The van der Waals surface area contributed by atoms with Gasteiger partial charge in [-0.15, -0.1) is 0 Å². The summed E-state index contributed by atoms with van der Waals surface area (Å²) in [7, 11) is 0. The molecular formula is C56H40N4. The first-order valence-electron chi connectivity index (χ1n) is 20.5. The van der Waals surface area contributed by atoms with Gasteiger partial charge in [0.25, 0.3) is 0 Å². The Balaban J connectivity index is 1.10. The van der Waals surface area contributed by atoms with Crippen LogP contribution in [0.3, 0.4) is 0 Å². The summed E-state index contributed by atoms with van der Waals surface area (Å²) in [5, 5.41) is 17.6. The molecule has 0 fully saturated rings. The van der Waals surface area contributed by atoms with Gasteiger partial charge in [0.15, 0.2) is 0 Å². The maximum absolute atomic E-state index is 9.25. The van der Waals surface area contributed by atoms with E-state index in [1.165, 1.54) is 60.4 Å². The number of hydrogen-bond donors (Lipinski definition) is 2. The van der Waals surface area contributed by atoms with E-state index in [0.717, 1.165) is 27.9 Å². The summed E-state index contributed by atoms with van der Waals surface area (Å²) >= 11 is 0. The Morgan fingerprint density at radius 1 is 0.550 bits per heavy atom. The molecule has 1 aliphatic rings. The summed E-state index contributed by atoms with van der Waals surface area (Å²) in [6.45, 7) is 0. The summed E-state index contributed by atoms with van der Waals surface area (Å²) < 4.78 is 2.43. The molecule has 10 aromatic rings. The quantitative estimate of drug-likeness (QED) is 0.117. The lowest BCUT2D eigenvalue weighted by atomic mass is 9.66. The van der Waals surface area contributed by atoms with Crippen molar-refractivity contribution in [1.82, 2.24) is 9.88 Å². The summed E-state index contributed by atoms with van der Waals surface area (Å²) in [6.07, 6.45) is 1.44. The van der Waals surface area contributed by atoms with Crippen LogP contribution in [0.4, 0.5) is 0 Å². The van der Waals surface area contributed by atoms with Gasteiger partial charge in [-0.25, -0.2) is 0 Å². The number of para-hydroxylation sites is 1. The first kappa shape index (κ1) is 35.4. The van der Waals surface area contributed by atoms with Crippen LogP contribution in [-0.4, -0.2) is 16.6 Å². The molecule has 11 rings (SSSR count). The van der Waals surface area contributed by atoms with Crippen molar-refractivity contribution in [1.29, 1.82) is 5.41 Å². The van der Waals surface area contributed by atoms with Gasteiger partial charge in [0, 0.05) is 33.6 Å². The molecule has 0 amide bonds. The van der Waals surface area contributed by atoms with Crippen molar-refractivity contribution in [2.45, 2.75) is 11.6 Å². The Labute approximate surface area is 349 Å². The number of nitrogens with zero attached hydrogens (tertiary/aromatic N) is 2. The smallest absolute Gasteiger partial charge is 0.145 e. The van der Waals surface area contributed by atoms with Crippen LogP contribution in [0.1, 0.15) is 45.1 Å². The zero-order valence-electron chi connectivity index (χ0n) is 32.8. The Morgan fingerprint density at radius 3 is 1.78 bits per heavy atom. The number of fused-ring (bicyclic) bond motifs is 10. The lowest BCUT2D eigenvalue weighted by molar-refractivity contribution is 0.685. The van der Waals surface area contributed by atoms with Crippen LogP contribution in [0.25, 0.3) is 49.4 Å². The van der Waals surface area contributed by atoms with Crippen molar-refractivity contribution in [2.24, 2.45) is 4.99 Å². The van der Waals surface area contributed by atoms with Crippen LogP contribution < -0.4 is 5.32 Å². The molecule has 2 N–H and O–H groups in total. The molecule has 284 valence electrons. The highest BCUT2D eigenvalue weighted by Gasteiger charge is 2.48. The van der Waals surface area contributed by atoms with Gasteiger partial charge >= 0.3 is 0 Å². The first-order valence-corrected chi connectivity index (χ1v) is 20.5. The molecule has 0 saturated heterocycles. The van der Waals surface area contributed by atoms with Gasteiger partial charge < -0.3 is 9.88 Å². The molecule has 0 spiro atoms. The zero-order valence-corrected chi connectivity index (χ0v) is 32.8. The Kier molecular flexibility index (Phi) is 8.56. The van der Waals surface area contributed by atoms with Gasteiger partial charge in [0.1, 0.15) is 12.0 Å². The SMILES string of the molecule is N=C(NC(/N=C/c1ccccc1)c1ccccc1)c1ccc(-n2c3ccccc3c3c4c(c5ccccc5c32)C(c2ccccc2)(c2ccccc2)c2ccccc2-4)cc1. The normalized spacial score (nSPS) is 13.4. The van der Waals surface area contributed by atoms with E-state index in [1.54, 1.807) is 0 Å². The van der Waals surface area contributed by atoms with Crippen molar-refractivity contribution < 1.29 is 0 Å². The maximum atomic E-state index is 9.25. The van der Waals surface area contributed by atoms with Crippen LogP contribution in [0.15, 0.2) is 223 Å². The highest BCUT2D eigenvalue weighted by atomic mass is 15.1. The molecule has 0 aliphatic heterocycles. The first-order chi connectivity index (χ1) is 29.7. The van der Waals surface area contributed by atoms with Crippen molar-refractivity contribution in [2.75, 3.05) is 0 Å². The number of benzene rings is 9. The largest absolute Gasteiger partial charge is 0.345 e. The van der Waals surface area contributed by atoms with Crippen LogP contribution in [0.5, 0.6) is 0 Å². The molecule has 1 atom stereocenters. The minimum atomic E-state index is -0.538. The van der Waals surface area contributed by atoms with Crippen LogP contribution in [0, 0.1) is 5.41 Å². The molecule has 0 saturated carbocycles. The van der Waals surface area contributed by atoms with E-state index in [1.807, 2.05) is 66.9 Å². The lowest BCUT2D eigenvalue weighted by Gasteiger charge is -2.34. The van der Waals surface area contributed by atoms with Crippen LogP contribution in [-0.2, 0) is 5.41 Å². The van der Waals surface area contributed by atoms with E-state index < -0.39 is 11.6 Å². The molecule has 9 aromatic carbocycles. The fraction of sp³-hybridized carbons (Fsp3) is 0.0357. The zero-order chi connectivity index (χ0) is 40.0. The number of aromatic nitrogens is 1. The standard InChI is InChI=1S/C56H40N4/c57-54(59-55(40-21-7-2-8-22-40)58-37-38-19-5-1-6-20-38)39-33-35-43(36-34-39)60-49-32-18-16-30-47(49)51-50-46-29-15-17-31-48(46)56(41-23-9-3-10-24-41,42-25-11-4-12-26-42)52(50)44-27-13-14-28-45(44)53(51)60/h1-37,55H,(H2,57,59)/b58-37+. The number of rotatable bonds is 8. The summed E-state index contributed by atoms with van der Waals surface area (Å²) in [4.78, 5) is 4.90. The van der Waals surface area contributed by atoms with Crippen molar-refractivity contribution >= 4 is 44.6 Å². The van der Waals surface area contributed by atoms with Gasteiger partial charge in [0.2, 0.25) is 0 Å². The summed E-state index contributed by atoms with van der Waals surface area (Å²) in [6, 6.07) is 77.5. The van der Waals surface area contributed by atoms with Gasteiger partial charge in [0.05, 0.1) is 16.4 Å². The van der Waals surface area contributed by atoms with Gasteiger partial charge in [-0.1, -0.05) is 188 Å². The fourth-order valence-corrected chi connectivity index (χ4v) is 9.69. The van der Waals surface area contributed by atoms with Crippen molar-refractivity contribution in [3.8, 4) is 16.8 Å². The van der Waals surface area contributed by atoms with E-state index >= 15 is 0 Å². The topological polar surface area (TPSA) is 53.2 Å². The Morgan fingerprint density at radius 2 is 1.10 bits per heavy atom. The van der Waals surface area contributed by atoms with E-state index in [2.05, 4.69) is 168 Å². The molecule has 4 heteroatoms. The average Bonchev–Trinajstić information content (AvgIpc) is 3.83. The van der Waals surface area contributed by atoms with Gasteiger partial charge in [-0.05, 0) is 80.2 Å². The monoisotopic (exact) mass is 768 g/mol. The third-order valence-corrected chi connectivity index (χ3v) is 12.2. The third-order valence-electron chi connectivity index (χ3n) is 12.2. The predicted molar refractivity (Wildman–Crippen MR) is 249 cm³/mol. The highest BCUT2D eigenvalue weighted by molar-refractivity contribution is 6.27. The Bertz CT molecular complexity index is 3180. The molecule has 1 unspecified atom stereocenters. The molecule has 60 heavy (non-hydrogen) atoms. The Hall–Kier alpha value is -7.82. The number of hydrogen-bond acceptors (Lipinski definition) is 2. The second-order valence-corrected chi connectivity index (χ2v) is 15.5. The second-order valence-electron chi connectivity index (χ2n) is 15.5. The minimum Gasteiger partial charge on any atom is -0.345 e. The second kappa shape index (κ2) is 14.5. The molecular weight excluding hydrogens is 729 g/mol. The van der Waals surface area contributed by atoms with E-state index in [-0.39, 0.29) is 0 Å². The molecule has 1 heterocycles.